The van der Waals surface area contributed by atoms with Gasteiger partial charge < -0.3 is 15.0 Å². The zero-order chi connectivity index (χ0) is 28.3. The molecule has 5 rings (SSSR count). The van der Waals surface area contributed by atoms with Gasteiger partial charge in [0.05, 0.1) is 36.2 Å². The number of hydrogen-bond donors (Lipinski definition) is 1. The van der Waals surface area contributed by atoms with E-state index in [-0.39, 0.29) is 24.0 Å². The summed E-state index contributed by atoms with van der Waals surface area (Å²) in [7, 11) is 1.50. The third-order valence-corrected chi connectivity index (χ3v) is 7.34. The van der Waals surface area contributed by atoms with Gasteiger partial charge in [0.25, 0.3) is 5.91 Å². The van der Waals surface area contributed by atoms with Crippen LogP contribution < -0.4 is 15.0 Å². The minimum atomic E-state index is -4.68. The van der Waals surface area contributed by atoms with Gasteiger partial charge in [-0.15, -0.1) is 10.2 Å². The summed E-state index contributed by atoms with van der Waals surface area (Å²) in [6, 6.07) is 19.4. The van der Waals surface area contributed by atoms with E-state index in [4.69, 9.17) is 4.74 Å². The normalized spacial score (nSPS) is 12.8. The molecule has 3 aromatic carbocycles. The third-order valence-electron chi connectivity index (χ3n) is 6.42. The van der Waals surface area contributed by atoms with Crippen LogP contribution in [0.2, 0.25) is 0 Å². The largest absolute Gasteiger partial charge is 0.495 e. The number of rotatable bonds is 8. The van der Waals surface area contributed by atoms with Crippen molar-refractivity contribution in [2.24, 2.45) is 0 Å². The maximum atomic E-state index is 13.4. The van der Waals surface area contributed by atoms with Gasteiger partial charge in [0.1, 0.15) is 5.75 Å². The van der Waals surface area contributed by atoms with Crippen LogP contribution in [0.25, 0.3) is 5.69 Å². The van der Waals surface area contributed by atoms with Crippen molar-refractivity contribution in [3.63, 3.8) is 0 Å². The van der Waals surface area contributed by atoms with Crippen LogP contribution >= 0.6 is 11.8 Å². The number of methoxy groups -OCH3 is 1. The Hall–Kier alpha value is -4.32. The maximum Gasteiger partial charge on any atom is 0.417 e. The molecule has 1 N–H and O–H groups in total. The number of aromatic nitrogens is 3. The summed E-state index contributed by atoms with van der Waals surface area (Å²) in [4.78, 5) is 27.6. The lowest BCUT2D eigenvalue weighted by Crippen LogP contribution is -2.30. The van der Waals surface area contributed by atoms with Crippen LogP contribution in [-0.4, -0.2) is 46.0 Å². The predicted octanol–water partition coefficient (Wildman–Crippen LogP) is 4.91. The molecule has 0 atom stereocenters. The van der Waals surface area contributed by atoms with Crippen LogP contribution in [-0.2, 0) is 23.9 Å². The molecule has 0 spiro atoms. The molecule has 0 radical (unpaired) electrons. The number of anilines is 1. The number of nitrogens with one attached hydrogen (secondary N) is 1. The van der Waals surface area contributed by atoms with E-state index in [1.54, 1.807) is 33.7 Å². The van der Waals surface area contributed by atoms with Crippen molar-refractivity contribution < 1.29 is 27.5 Å². The molecular weight excluding hydrogens is 543 g/mol. The molecule has 0 aliphatic carbocycles. The van der Waals surface area contributed by atoms with Crippen molar-refractivity contribution in [2.75, 3.05) is 24.3 Å². The Bertz CT molecular complexity index is 1560. The lowest BCUT2D eigenvalue weighted by Gasteiger charge is -2.17. The molecule has 206 valence electrons. The predicted molar refractivity (Wildman–Crippen MR) is 144 cm³/mol. The number of nitrogens with zero attached hydrogens (tertiary/aromatic N) is 4. The molecule has 0 bridgehead atoms. The highest BCUT2D eigenvalue weighted by Crippen LogP contribution is 2.33. The average molecular weight is 568 g/mol. The molecule has 0 saturated carbocycles. The summed E-state index contributed by atoms with van der Waals surface area (Å²) < 4.78 is 47.4. The van der Waals surface area contributed by atoms with E-state index in [2.05, 4.69) is 15.5 Å². The van der Waals surface area contributed by atoms with Gasteiger partial charge in [0.2, 0.25) is 5.91 Å². The molecule has 12 heteroatoms. The first kappa shape index (κ1) is 27.3. The Labute approximate surface area is 232 Å². The minimum absolute atomic E-state index is 0.0763. The molecule has 40 heavy (non-hydrogen) atoms. The van der Waals surface area contributed by atoms with E-state index in [0.717, 1.165) is 29.8 Å². The first-order chi connectivity index (χ1) is 19.3. The molecule has 8 nitrogen and oxygen atoms in total. The Morgan fingerprint density at radius 3 is 2.45 bits per heavy atom. The van der Waals surface area contributed by atoms with Crippen molar-refractivity contribution in [1.29, 1.82) is 0 Å². The van der Waals surface area contributed by atoms with E-state index in [9.17, 15) is 22.8 Å². The second-order valence-corrected chi connectivity index (χ2v) is 9.79. The smallest absolute Gasteiger partial charge is 0.417 e. The number of fused-ring (bicyclic) bond motifs is 1. The maximum absolute atomic E-state index is 13.4. The number of carbonyl (C=O) groups excluding carboxylic acids is 2. The summed E-state index contributed by atoms with van der Waals surface area (Å²) in [6.07, 6.45) is -3.90. The number of ether oxygens (including phenoxy) is 1. The van der Waals surface area contributed by atoms with Gasteiger partial charge in [-0.05, 0) is 42.3 Å². The number of carbonyl (C=O) groups is 2. The van der Waals surface area contributed by atoms with Gasteiger partial charge in [-0.3, -0.25) is 14.2 Å². The quantitative estimate of drug-likeness (QED) is 0.305. The topological polar surface area (TPSA) is 89.3 Å². The second kappa shape index (κ2) is 11.4. The Morgan fingerprint density at radius 2 is 1.68 bits per heavy atom. The van der Waals surface area contributed by atoms with Gasteiger partial charge >= 0.3 is 6.18 Å². The standard InChI is InChI=1S/C28H24F3N5O3S/c1-39-23-13-7-6-12-22(23)36-24(16-32-26(38)19-9-3-4-10-20(19)28(29,30)31)33-34-27(36)40-17-25(37)35-15-14-18-8-2-5-11-21(18)35/h2-13H,14-17H2,1H3,(H,32,38). The lowest BCUT2D eigenvalue weighted by molar-refractivity contribution is -0.138. The van der Waals surface area contributed by atoms with Crippen LogP contribution in [0, 0.1) is 0 Å². The number of halogens is 3. The molecule has 1 aliphatic heterocycles. The summed E-state index contributed by atoms with van der Waals surface area (Å²) in [5.41, 5.74) is 1.03. The van der Waals surface area contributed by atoms with Crippen LogP contribution in [0.1, 0.15) is 27.3 Å². The highest BCUT2D eigenvalue weighted by atomic mass is 32.2. The molecule has 1 aliphatic rings. The van der Waals surface area contributed by atoms with Gasteiger partial charge in [-0.1, -0.05) is 54.2 Å². The number of thioether (sulfide) groups is 1. The molecule has 4 aromatic rings. The molecule has 0 saturated heterocycles. The Balaban J connectivity index is 1.39. The van der Waals surface area contributed by atoms with Crippen LogP contribution in [0.3, 0.4) is 0 Å². The van der Waals surface area contributed by atoms with E-state index in [1.165, 1.54) is 31.0 Å². The zero-order valence-electron chi connectivity index (χ0n) is 21.3. The van der Waals surface area contributed by atoms with Crippen molar-refractivity contribution in [1.82, 2.24) is 20.1 Å². The van der Waals surface area contributed by atoms with Crippen LogP contribution in [0.4, 0.5) is 18.9 Å². The summed E-state index contributed by atoms with van der Waals surface area (Å²) in [5.74, 6) is -0.183. The molecule has 1 aromatic heterocycles. The lowest BCUT2D eigenvalue weighted by atomic mass is 10.1. The number of amides is 2. The average Bonchev–Trinajstić information content (AvgIpc) is 3.58. The van der Waals surface area contributed by atoms with Crippen LogP contribution in [0.5, 0.6) is 5.75 Å². The first-order valence-corrected chi connectivity index (χ1v) is 13.3. The first-order valence-electron chi connectivity index (χ1n) is 12.3. The Morgan fingerprint density at radius 1 is 0.975 bits per heavy atom. The molecular formula is C28H24F3N5O3S. The molecule has 0 fully saturated rings. The number of alkyl halides is 3. The highest BCUT2D eigenvalue weighted by molar-refractivity contribution is 7.99. The monoisotopic (exact) mass is 567 g/mol. The summed E-state index contributed by atoms with van der Waals surface area (Å²) in [6.45, 7) is 0.374. The number of hydrogen-bond acceptors (Lipinski definition) is 6. The van der Waals surface area contributed by atoms with E-state index in [0.29, 0.717) is 23.1 Å². The SMILES string of the molecule is COc1ccccc1-n1c(CNC(=O)c2ccccc2C(F)(F)F)nnc1SCC(=O)N1CCc2ccccc21. The fourth-order valence-electron chi connectivity index (χ4n) is 4.55. The fraction of sp³-hybridized carbons (Fsp3) is 0.214. The van der Waals surface area contributed by atoms with Crippen molar-refractivity contribution in [2.45, 2.75) is 24.3 Å². The molecule has 2 amide bonds. The minimum Gasteiger partial charge on any atom is -0.495 e. The summed E-state index contributed by atoms with van der Waals surface area (Å²) >= 11 is 1.17. The second-order valence-electron chi connectivity index (χ2n) is 8.84. The van der Waals surface area contributed by atoms with Gasteiger partial charge in [0, 0.05) is 12.2 Å². The van der Waals surface area contributed by atoms with E-state index >= 15 is 0 Å². The number of benzene rings is 3. The van der Waals surface area contributed by atoms with Crippen molar-refractivity contribution in [3.05, 3.63) is 95.3 Å². The Kier molecular flexibility index (Phi) is 7.78. The third kappa shape index (κ3) is 5.53. The summed E-state index contributed by atoms with van der Waals surface area (Å²) in [5, 5.41) is 11.3. The highest BCUT2D eigenvalue weighted by Gasteiger charge is 2.35. The van der Waals surface area contributed by atoms with Gasteiger partial charge in [0.15, 0.2) is 11.0 Å². The fourth-order valence-corrected chi connectivity index (χ4v) is 5.39. The van der Waals surface area contributed by atoms with Gasteiger partial charge in [-0.2, -0.15) is 13.2 Å². The van der Waals surface area contributed by atoms with E-state index < -0.39 is 23.2 Å². The van der Waals surface area contributed by atoms with Crippen LogP contribution in [0.15, 0.2) is 78.0 Å². The zero-order valence-corrected chi connectivity index (χ0v) is 22.1. The van der Waals surface area contributed by atoms with Crippen molar-refractivity contribution >= 4 is 29.3 Å². The number of para-hydroxylation sites is 3. The molecule has 0 unspecified atom stereocenters. The van der Waals surface area contributed by atoms with Crippen molar-refractivity contribution in [3.8, 4) is 11.4 Å². The van der Waals surface area contributed by atoms with E-state index in [1.807, 2.05) is 24.3 Å². The molecule has 2 heterocycles. The van der Waals surface area contributed by atoms with Gasteiger partial charge in [-0.25, -0.2) is 0 Å².